The lowest BCUT2D eigenvalue weighted by Gasteiger charge is -2.37. The Labute approximate surface area is 161 Å². The molecule has 6 heteroatoms. The number of hydrogen-bond acceptors (Lipinski definition) is 4. The summed E-state index contributed by atoms with van der Waals surface area (Å²) in [7, 11) is 1.64. The Morgan fingerprint density at radius 1 is 1.19 bits per heavy atom. The molecule has 1 aliphatic heterocycles. The van der Waals surface area contributed by atoms with Gasteiger partial charge in [0.2, 0.25) is 5.88 Å². The molecule has 1 saturated heterocycles. The Bertz CT molecular complexity index is 758. The van der Waals surface area contributed by atoms with Crippen LogP contribution in [0.4, 0.5) is 11.4 Å². The molecule has 0 radical (unpaired) electrons. The smallest absolute Gasteiger partial charge is 0.237 e. The van der Waals surface area contributed by atoms with Gasteiger partial charge in [-0.2, -0.15) is 0 Å². The van der Waals surface area contributed by atoms with Crippen molar-refractivity contribution in [1.82, 2.24) is 9.88 Å². The zero-order chi connectivity index (χ0) is 18.5. The van der Waals surface area contributed by atoms with Crippen molar-refractivity contribution in [2.24, 2.45) is 0 Å². The van der Waals surface area contributed by atoms with Crippen LogP contribution >= 0.6 is 12.2 Å². The molecule has 2 aromatic rings. The van der Waals surface area contributed by atoms with Gasteiger partial charge in [-0.3, -0.25) is 0 Å². The van der Waals surface area contributed by atoms with Gasteiger partial charge in [0.1, 0.15) is 5.69 Å². The number of aryl methyl sites for hydroxylation is 2. The molecule has 0 aliphatic carbocycles. The standard InChI is InChI=1S/C20H26N4OS/c1-4-16-14-18(19(25-3)21-15(16)2)22-20(26)24-12-10-23(11-13-24)17-8-6-5-7-9-17/h5-9,14H,4,10-13H2,1-3H3,(H,22,26). The number of hydrogen-bond donors (Lipinski definition) is 1. The first-order valence-electron chi connectivity index (χ1n) is 9.02. The molecule has 2 heterocycles. The monoisotopic (exact) mass is 370 g/mol. The van der Waals surface area contributed by atoms with Gasteiger partial charge < -0.3 is 19.9 Å². The van der Waals surface area contributed by atoms with Gasteiger partial charge in [-0.25, -0.2) is 4.98 Å². The lowest BCUT2D eigenvalue weighted by molar-refractivity contribution is 0.388. The number of pyridine rings is 1. The van der Waals surface area contributed by atoms with Crippen molar-refractivity contribution >= 4 is 28.7 Å². The van der Waals surface area contributed by atoms with E-state index in [1.54, 1.807) is 7.11 Å². The zero-order valence-corrected chi connectivity index (χ0v) is 16.5. The van der Waals surface area contributed by atoms with Crippen molar-refractivity contribution in [3.63, 3.8) is 0 Å². The Morgan fingerprint density at radius 3 is 2.50 bits per heavy atom. The van der Waals surface area contributed by atoms with Crippen LogP contribution in [0.2, 0.25) is 0 Å². The van der Waals surface area contributed by atoms with Crippen molar-refractivity contribution in [3.8, 4) is 5.88 Å². The van der Waals surface area contributed by atoms with Gasteiger partial charge in [-0.1, -0.05) is 25.1 Å². The van der Waals surface area contributed by atoms with E-state index in [0.29, 0.717) is 5.88 Å². The fourth-order valence-corrected chi connectivity index (χ4v) is 3.52. The second-order valence-corrected chi connectivity index (χ2v) is 6.77. The number of rotatable bonds is 4. The van der Waals surface area contributed by atoms with Gasteiger partial charge in [0, 0.05) is 37.6 Å². The Hall–Kier alpha value is -2.34. The minimum absolute atomic E-state index is 0.588. The summed E-state index contributed by atoms with van der Waals surface area (Å²) in [4.78, 5) is 9.14. The molecule has 1 aromatic heterocycles. The number of methoxy groups -OCH3 is 1. The fraction of sp³-hybridized carbons (Fsp3) is 0.400. The first kappa shape index (κ1) is 18.5. The van der Waals surface area contributed by atoms with E-state index in [1.807, 2.05) is 13.0 Å². The molecule has 1 fully saturated rings. The third kappa shape index (κ3) is 4.07. The SMILES string of the molecule is CCc1cc(NC(=S)N2CCN(c3ccccc3)CC2)c(OC)nc1C. The molecule has 0 spiro atoms. The third-order valence-electron chi connectivity index (χ3n) is 4.79. The Kier molecular flexibility index (Phi) is 5.93. The number of aromatic nitrogens is 1. The molecule has 1 N–H and O–H groups in total. The molecule has 5 nitrogen and oxygen atoms in total. The summed E-state index contributed by atoms with van der Waals surface area (Å²) in [6.07, 6.45) is 0.931. The highest BCUT2D eigenvalue weighted by molar-refractivity contribution is 7.80. The van der Waals surface area contributed by atoms with Crippen molar-refractivity contribution in [3.05, 3.63) is 47.7 Å². The van der Waals surface area contributed by atoms with Crippen LogP contribution < -0.4 is 15.0 Å². The summed E-state index contributed by atoms with van der Waals surface area (Å²) in [6, 6.07) is 12.6. The van der Waals surface area contributed by atoms with Crippen LogP contribution in [0.5, 0.6) is 5.88 Å². The summed E-state index contributed by atoms with van der Waals surface area (Å²) in [5.74, 6) is 0.588. The van der Waals surface area contributed by atoms with Crippen LogP contribution in [0.15, 0.2) is 36.4 Å². The van der Waals surface area contributed by atoms with Crippen LogP contribution in [0.1, 0.15) is 18.2 Å². The highest BCUT2D eigenvalue weighted by atomic mass is 32.1. The summed E-state index contributed by atoms with van der Waals surface area (Å²) in [5, 5.41) is 4.06. The normalized spacial score (nSPS) is 14.3. The highest BCUT2D eigenvalue weighted by Gasteiger charge is 2.20. The fourth-order valence-electron chi connectivity index (χ4n) is 3.23. The molecule has 1 aromatic carbocycles. The van der Waals surface area contributed by atoms with Crippen LogP contribution in [0.3, 0.4) is 0 Å². The number of para-hydroxylation sites is 1. The quantitative estimate of drug-likeness (QED) is 0.831. The van der Waals surface area contributed by atoms with E-state index in [1.165, 1.54) is 11.3 Å². The van der Waals surface area contributed by atoms with Gasteiger partial charge in [-0.05, 0) is 49.3 Å². The lowest BCUT2D eigenvalue weighted by Crippen LogP contribution is -2.50. The number of thiocarbonyl (C=S) groups is 1. The molecule has 3 rings (SSSR count). The largest absolute Gasteiger partial charge is 0.480 e. The van der Waals surface area contributed by atoms with E-state index in [2.05, 4.69) is 57.4 Å². The third-order valence-corrected chi connectivity index (χ3v) is 5.15. The van der Waals surface area contributed by atoms with Crippen molar-refractivity contribution in [1.29, 1.82) is 0 Å². The Morgan fingerprint density at radius 2 is 1.88 bits per heavy atom. The second kappa shape index (κ2) is 8.36. The molecule has 138 valence electrons. The van der Waals surface area contributed by atoms with Crippen LogP contribution in [-0.2, 0) is 6.42 Å². The van der Waals surface area contributed by atoms with E-state index in [0.717, 1.165) is 49.1 Å². The van der Waals surface area contributed by atoms with E-state index in [4.69, 9.17) is 17.0 Å². The topological polar surface area (TPSA) is 40.6 Å². The van der Waals surface area contributed by atoms with Gasteiger partial charge >= 0.3 is 0 Å². The highest BCUT2D eigenvalue weighted by Crippen LogP contribution is 2.26. The molecular weight excluding hydrogens is 344 g/mol. The van der Waals surface area contributed by atoms with E-state index < -0.39 is 0 Å². The summed E-state index contributed by atoms with van der Waals surface area (Å²) >= 11 is 5.64. The molecule has 1 aliphatic rings. The number of piperazine rings is 1. The predicted octanol–water partition coefficient (Wildman–Crippen LogP) is 3.48. The molecule has 0 unspecified atom stereocenters. The average Bonchev–Trinajstić information content (AvgIpc) is 2.69. The lowest BCUT2D eigenvalue weighted by atomic mass is 10.1. The van der Waals surface area contributed by atoms with Crippen molar-refractivity contribution < 1.29 is 4.74 Å². The summed E-state index contributed by atoms with van der Waals surface area (Å²) < 4.78 is 5.43. The van der Waals surface area contributed by atoms with Gasteiger partial charge in [0.15, 0.2) is 5.11 Å². The number of benzene rings is 1. The second-order valence-electron chi connectivity index (χ2n) is 6.38. The number of ether oxygens (including phenoxy) is 1. The van der Waals surface area contributed by atoms with Gasteiger partial charge in [0.25, 0.3) is 0 Å². The zero-order valence-electron chi connectivity index (χ0n) is 15.7. The minimum Gasteiger partial charge on any atom is -0.480 e. The number of nitrogens with one attached hydrogen (secondary N) is 1. The van der Waals surface area contributed by atoms with Crippen molar-refractivity contribution in [2.45, 2.75) is 20.3 Å². The summed E-state index contributed by atoms with van der Waals surface area (Å²) in [6.45, 7) is 7.82. The molecule has 0 amide bonds. The number of anilines is 2. The van der Waals surface area contributed by atoms with Gasteiger partial charge in [0.05, 0.1) is 7.11 Å². The van der Waals surface area contributed by atoms with Crippen molar-refractivity contribution in [2.75, 3.05) is 43.5 Å². The van der Waals surface area contributed by atoms with Crippen LogP contribution in [0, 0.1) is 6.92 Å². The number of nitrogens with zero attached hydrogens (tertiary/aromatic N) is 3. The molecular formula is C20H26N4OS. The predicted molar refractivity (Wildman–Crippen MR) is 111 cm³/mol. The molecule has 26 heavy (non-hydrogen) atoms. The first-order chi connectivity index (χ1) is 12.6. The van der Waals surface area contributed by atoms with Gasteiger partial charge in [-0.15, -0.1) is 0 Å². The maximum atomic E-state index is 5.64. The first-order valence-corrected chi connectivity index (χ1v) is 9.43. The summed E-state index contributed by atoms with van der Waals surface area (Å²) in [5.41, 5.74) is 4.30. The van der Waals surface area contributed by atoms with E-state index >= 15 is 0 Å². The van der Waals surface area contributed by atoms with Crippen LogP contribution in [-0.4, -0.2) is 48.3 Å². The van der Waals surface area contributed by atoms with E-state index in [-0.39, 0.29) is 0 Å². The van der Waals surface area contributed by atoms with Crippen LogP contribution in [0.25, 0.3) is 0 Å². The minimum atomic E-state index is 0.588. The molecule has 0 atom stereocenters. The average molecular weight is 371 g/mol. The van der Waals surface area contributed by atoms with E-state index in [9.17, 15) is 0 Å². The molecule has 0 bridgehead atoms. The maximum absolute atomic E-state index is 5.64. The maximum Gasteiger partial charge on any atom is 0.237 e. The molecule has 0 saturated carbocycles. The Balaban J connectivity index is 1.64.